The number of oxime groups is 1. The van der Waals surface area contributed by atoms with E-state index in [1.165, 1.54) is 0 Å². The van der Waals surface area contributed by atoms with Crippen molar-refractivity contribution in [1.82, 2.24) is 5.32 Å². The molecule has 0 saturated heterocycles. The van der Waals surface area contributed by atoms with E-state index in [1.54, 1.807) is 20.8 Å². The quantitative estimate of drug-likeness (QED) is 0.282. The molecule has 0 fully saturated rings. The molecule has 0 aliphatic rings. The molecule has 74 valence electrons. The van der Waals surface area contributed by atoms with Crippen LogP contribution in [0.15, 0.2) is 5.16 Å². The van der Waals surface area contributed by atoms with E-state index in [2.05, 4.69) is 10.5 Å². The van der Waals surface area contributed by atoms with Gasteiger partial charge >= 0.3 is 0 Å². The largest absolute Gasteiger partial charge is 0.410 e. The summed E-state index contributed by atoms with van der Waals surface area (Å²) in [4.78, 5) is 22.0. The van der Waals surface area contributed by atoms with Gasteiger partial charge in [-0.05, 0) is 20.8 Å². The Morgan fingerprint density at radius 1 is 1.31 bits per heavy atom. The predicted molar refractivity (Wildman–Crippen MR) is 47.8 cm³/mol. The molecule has 0 aliphatic heterocycles. The van der Waals surface area contributed by atoms with Crippen LogP contribution in [-0.2, 0) is 9.59 Å². The van der Waals surface area contributed by atoms with Gasteiger partial charge in [-0.1, -0.05) is 5.16 Å². The normalized spacial score (nSPS) is 12.5. The monoisotopic (exact) mass is 186 g/mol. The number of nitrogens with zero attached hydrogens (tertiary/aromatic N) is 1. The Balaban J connectivity index is 4.52. The standard InChI is InChI=1S/C8H14N2O3/c1-5(11)6(10-13)7(12)9-8(2,3)4/h13H,1-4H3,(H,9,12). The molecule has 0 aliphatic carbocycles. The molecule has 0 unspecified atom stereocenters. The van der Waals surface area contributed by atoms with E-state index in [-0.39, 0.29) is 0 Å². The maximum Gasteiger partial charge on any atom is 0.277 e. The first-order valence-corrected chi connectivity index (χ1v) is 3.83. The second-order valence-electron chi connectivity index (χ2n) is 3.71. The molecular weight excluding hydrogens is 172 g/mol. The lowest BCUT2D eigenvalue weighted by Gasteiger charge is -2.19. The van der Waals surface area contributed by atoms with Crippen LogP contribution in [-0.4, -0.2) is 28.1 Å². The van der Waals surface area contributed by atoms with Crippen LogP contribution in [0.1, 0.15) is 27.7 Å². The highest BCUT2D eigenvalue weighted by atomic mass is 16.4. The number of nitrogens with one attached hydrogen (secondary N) is 1. The van der Waals surface area contributed by atoms with Gasteiger partial charge in [0.05, 0.1) is 0 Å². The molecule has 0 heterocycles. The van der Waals surface area contributed by atoms with Gasteiger partial charge in [-0.15, -0.1) is 0 Å². The first-order chi connectivity index (χ1) is 5.78. The summed E-state index contributed by atoms with van der Waals surface area (Å²) in [5, 5.41) is 13.5. The van der Waals surface area contributed by atoms with Crippen LogP contribution in [0, 0.1) is 0 Å². The highest BCUT2D eigenvalue weighted by molar-refractivity contribution is 6.65. The maximum atomic E-state index is 11.2. The van der Waals surface area contributed by atoms with Crippen LogP contribution in [0.4, 0.5) is 0 Å². The average Bonchev–Trinajstić information content (AvgIpc) is 1.82. The van der Waals surface area contributed by atoms with Gasteiger partial charge < -0.3 is 10.5 Å². The molecule has 5 heteroatoms. The van der Waals surface area contributed by atoms with Crippen molar-refractivity contribution in [1.29, 1.82) is 0 Å². The summed E-state index contributed by atoms with van der Waals surface area (Å²) in [5.74, 6) is -1.23. The average molecular weight is 186 g/mol. The number of carbonyl (C=O) groups is 2. The summed E-state index contributed by atoms with van der Waals surface area (Å²) < 4.78 is 0. The number of hydrogen-bond acceptors (Lipinski definition) is 4. The summed E-state index contributed by atoms with van der Waals surface area (Å²) in [5.41, 5.74) is -0.933. The topological polar surface area (TPSA) is 78.8 Å². The fraction of sp³-hybridized carbons (Fsp3) is 0.625. The van der Waals surface area contributed by atoms with Crippen LogP contribution < -0.4 is 5.32 Å². The van der Waals surface area contributed by atoms with Crippen molar-refractivity contribution in [2.24, 2.45) is 5.16 Å². The number of ketones is 1. The Morgan fingerprint density at radius 3 is 2.00 bits per heavy atom. The third-order valence-corrected chi connectivity index (χ3v) is 1.14. The lowest BCUT2D eigenvalue weighted by molar-refractivity contribution is -0.118. The van der Waals surface area contributed by atoms with Gasteiger partial charge in [0, 0.05) is 12.5 Å². The van der Waals surface area contributed by atoms with Crippen LogP contribution in [0.5, 0.6) is 0 Å². The fourth-order valence-corrected chi connectivity index (χ4v) is 0.675. The zero-order valence-corrected chi connectivity index (χ0v) is 8.21. The molecule has 0 atom stereocenters. The minimum absolute atomic E-state index is 0.456. The molecule has 0 radical (unpaired) electrons. The molecule has 2 N–H and O–H groups in total. The highest BCUT2D eigenvalue weighted by Gasteiger charge is 2.21. The van der Waals surface area contributed by atoms with Crippen molar-refractivity contribution in [2.75, 3.05) is 0 Å². The number of amides is 1. The summed E-state index contributed by atoms with van der Waals surface area (Å²) in [6.45, 7) is 6.46. The highest BCUT2D eigenvalue weighted by Crippen LogP contribution is 1.98. The van der Waals surface area contributed by atoms with Crippen LogP contribution in [0.25, 0.3) is 0 Å². The number of Topliss-reactive ketones (excluding diaryl/α,β-unsaturated/α-hetero) is 1. The van der Waals surface area contributed by atoms with Gasteiger partial charge in [0.15, 0.2) is 5.78 Å². The predicted octanol–water partition coefficient (Wildman–Crippen LogP) is 0.320. The van der Waals surface area contributed by atoms with Crippen molar-refractivity contribution in [3.63, 3.8) is 0 Å². The summed E-state index contributed by atoms with van der Waals surface area (Å²) in [7, 11) is 0. The maximum absolute atomic E-state index is 11.2. The lowest BCUT2D eigenvalue weighted by Crippen LogP contribution is -2.45. The van der Waals surface area contributed by atoms with E-state index in [9.17, 15) is 9.59 Å². The number of carbonyl (C=O) groups excluding carboxylic acids is 2. The molecule has 0 saturated carbocycles. The molecule has 0 rings (SSSR count). The molecule has 0 aromatic carbocycles. The third-order valence-electron chi connectivity index (χ3n) is 1.14. The molecular formula is C8H14N2O3. The zero-order valence-electron chi connectivity index (χ0n) is 8.21. The smallest absolute Gasteiger partial charge is 0.277 e. The summed E-state index contributed by atoms with van der Waals surface area (Å²) in [6.07, 6.45) is 0. The van der Waals surface area contributed by atoms with E-state index < -0.39 is 22.9 Å². The van der Waals surface area contributed by atoms with Crippen molar-refractivity contribution in [3.8, 4) is 0 Å². The molecule has 0 aromatic heterocycles. The minimum atomic E-state index is -0.664. The SMILES string of the molecule is CC(=O)C(=NO)C(=O)NC(C)(C)C. The van der Waals surface area contributed by atoms with Gasteiger partial charge in [-0.3, -0.25) is 9.59 Å². The first-order valence-electron chi connectivity index (χ1n) is 3.83. The second-order valence-corrected chi connectivity index (χ2v) is 3.71. The van der Waals surface area contributed by atoms with Crippen LogP contribution in [0.2, 0.25) is 0 Å². The van der Waals surface area contributed by atoms with Crippen molar-refractivity contribution < 1.29 is 14.8 Å². The lowest BCUT2D eigenvalue weighted by atomic mass is 10.1. The van der Waals surface area contributed by atoms with Crippen LogP contribution >= 0.6 is 0 Å². The second kappa shape index (κ2) is 4.02. The van der Waals surface area contributed by atoms with E-state index >= 15 is 0 Å². The van der Waals surface area contributed by atoms with Gasteiger partial charge in [0.1, 0.15) is 0 Å². The fourth-order valence-electron chi connectivity index (χ4n) is 0.675. The Morgan fingerprint density at radius 2 is 1.77 bits per heavy atom. The summed E-state index contributed by atoms with van der Waals surface area (Å²) in [6, 6.07) is 0. The first kappa shape index (κ1) is 11.6. The number of hydrogen-bond donors (Lipinski definition) is 2. The van der Waals surface area contributed by atoms with Crippen LogP contribution in [0.3, 0.4) is 0 Å². The third kappa shape index (κ3) is 4.25. The van der Waals surface area contributed by atoms with E-state index in [0.717, 1.165) is 6.92 Å². The molecule has 0 aromatic rings. The minimum Gasteiger partial charge on any atom is -0.410 e. The van der Waals surface area contributed by atoms with E-state index in [1.807, 2.05) is 0 Å². The zero-order chi connectivity index (χ0) is 10.6. The Bertz CT molecular complexity index is 251. The van der Waals surface area contributed by atoms with Crippen molar-refractivity contribution >= 4 is 17.4 Å². The molecule has 0 bridgehead atoms. The van der Waals surface area contributed by atoms with E-state index in [0.29, 0.717) is 0 Å². The molecule has 0 spiro atoms. The Hall–Kier alpha value is -1.39. The Kier molecular flexibility index (Phi) is 3.59. The van der Waals surface area contributed by atoms with Crippen molar-refractivity contribution in [3.05, 3.63) is 0 Å². The number of rotatable bonds is 2. The van der Waals surface area contributed by atoms with Gasteiger partial charge in [-0.2, -0.15) is 0 Å². The molecule has 13 heavy (non-hydrogen) atoms. The van der Waals surface area contributed by atoms with Gasteiger partial charge in [0.2, 0.25) is 5.71 Å². The van der Waals surface area contributed by atoms with Gasteiger partial charge in [0.25, 0.3) is 5.91 Å². The van der Waals surface area contributed by atoms with E-state index in [4.69, 9.17) is 5.21 Å². The van der Waals surface area contributed by atoms with Crippen molar-refractivity contribution in [2.45, 2.75) is 33.2 Å². The Labute approximate surface area is 76.8 Å². The summed E-state index contributed by atoms with van der Waals surface area (Å²) >= 11 is 0. The van der Waals surface area contributed by atoms with Gasteiger partial charge in [-0.25, -0.2) is 0 Å². The molecule has 5 nitrogen and oxygen atoms in total. The molecule has 1 amide bonds.